The first kappa shape index (κ1) is 14.8. The van der Waals surface area contributed by atoms with Crippen molar-refractivity contribution in [2.75, 3.05) is 0 Å². The molecule has 1 aromatic rings. The van der Waals surface area contributed by atoms with Gasteiger partial charge in [0, 0.05) is 6.42 Å². The van der Waals surface area contributed by atoms with Gasteiger partial charge in [-0.3, -0.25) is 4.79 Å². The van der Waals surface area contributed by atoms with Crippen LogP contribution in [0.25, 0.3) is 0 Å². The van der Waals surface area contributed by atoms with Gasteiger partial charge in [-0.2, -0.15) is 0 Å². The van der Waals surface area contributed by atoms with E-state index in [0.717, 1.165) is 37.0 Å². The zero-order valence-corrected chi connectivity index (χ0v) is 12.1. The Morgan fingerprint density at radius 2 is 1.60 bits per heavy atom. The number of fused-ring (bicyclic) bond motifs is 1. The zero-order chi connectivity index (χ0) is 14.0. The number of para-hydroxylation sites is 1. The summed E-state index contributed by atoms with van der Waals surface area (Å²) in [5, 5.41) is 0. The van der Waals surface area contributed by atoms with Crippen LogP contribution in [-0.2, 0) is 11.2 Å². The van der Waals surface area contributed by atoms with Crippen LogP contribution in [0.15, 0.2) is 36.4 Å². The van der Waals surface area contributed by atoms with E-state index in [0.29, 0.717) is 6.42 Å². The maximum Gasteiger partial charge on any atom is 0.311 e. The number of esters is 1. The van der Waals surface area contributed by atoms with E-state index in [-0.39, 0.29) is 5.97 Å². The van der Waals surface area contributed by atoms with Crippen molar-refractivity contribution in [2.45, 2.75) is 57.8 Å². The molecule has 0 saturated carbocycles. The molecule has 0 unspecified atom stereocenters. The Bertz CT molecular complexity index is 448. The van der Waals surface area contributed by atoms with E-state index in [1.165, 1.54) is 25.7 Å². The quantitative estimate of drug-likeness (QED) is 0.384. The average molecular weight is 272 g/mol. The van der Waals surface area contributed by atoms with Gasteiger partial charge in [0.05, 0.1) is 0 Å². The third kappa shape index (κ3) is 5.20. The first-order chi connectivity index (χ1) is 9.86. The van der Waals surface area contributed by atoms with Crippen molar-refractivity contribution < 1.29 is 9.53 Å². The van der Waals surface area contributed by atoms with Gasteiger partial charge < -0.3 is 4.74 Å². The second-order valence-corrected chi connectivity index (χ2v) is 5.42. The van der Waals surface area contributed by atoms with Crippen molar-refractivity contribution in [3.05, 3.63) is 42.0 Å². The molecule has 0 aliphatic carbocycles. The van der Waals surface area contributed by atoms with Crippen LogP contribution < -0.4 is 4.74 Å². The lowest BCUT2D eigenvalue weighted by Gasteiger charge is -2.08. The van der Waals surface area contributed by atoms with Gasteiger partial charge in [0.1, 0.15) is 5.75 Å². The predicted molar refractivity (Wildman–Crippen MR) is 81.9 cm³/mol. The first-order valence-corrected chi connectivity index (χ1v) is 7.80. The third-order valence-electron chi connectivity index (χ3n) is 3.70. The molecular formula is C18H24O2. The second-order valence-electron chi connectivity index (χ2n) is 5.42. The van der Waals surface area contributed by atoms with Crippen molar-refractivity contribution in [1.82, 2.24) is 0 Å². The van der Waals surface area contributed by atoms with Gasteiger partial charge in [0.25, 0.3) is 0 Å². The monoisotopic (exact) mass is 272 g/mol. The summed E-state index contributed by atoms with van der Waals surface area (Å²) in [4.78, 5) is 11.8. The van der Waals surface area contributed by atoms with Crippen molar-refractivity contribution >= 4 is 5.97 Å². The summed E-state index contributed by atoms with van der Waals surface area (Å²) in [6, 6.07) is 7.84. The van der Waals surface area contributed by atoms with E-state index < -0.39 is 0 Å². The number of hydrogen-bond donors (Lipinski definition) is 0. The summed E-state index contributed by atoms with van der Waals surface area (Å²) in [6.45, 7) is 0. The molecule has 0 fully saturated rings. The maximum absolute atomic E-state index is 11.8. The van der Waals surface area contributed by atoms with Crippen LogP contribution in [-0.4, -0.2) is 5.97 Å². The highest BCUT2D eigenvalue weighted by molar-refractivity contribution is 5.72. The van der Waals surface area contributed by atoms with Gasteiger partial charge >= 0.3 is 5.97 Å². The molecular weight excluding hydrogens is 248 g/mol. The molecule has 108 valence electrons. The van der Waals surface area contributed by atoms with Crippen LogP contribution >= 0.6 is 0 Å². The molecule has 1 aliphatic rings. The lowest BCUT2D eigenvalue weighted by atomic mass is 10.1. The number of carbonyl (C=O) groups excluding carboxylic acids is 1. The standard InChI is InChI=1S/C18H24O2/c19-18-15-9-7-5-3-1-2-4-6-8-12-16-13-10-11-14-17(16)20-18/h6,8,10-11,13-14H,1-5,7,9,12,15H2. The van der Waals surface area contributed by atoms with Crippen molar-refractivity contribution in [3.8, 4) is 5.75 Å². The molecule has 0 aromatic heterocycles. The van der Waals surface area contributed by atoms with Gasteiger partial charge in [-0.05, 0) is 37.3 Å². The Labute approximate surface area is 121 Å². The topological polar surface area (TPSA) is 26.3 Å². The van der Waals surface area contributed by atoms with Crippen LogP contribution in [0.3, 0.4) is 0 Å². The molecule has 1 aliphatic heterocycles. The molecule has 2 rings (SSSR count). The Hall–Kier alpha value is -1.57. The molecule has 20 heavy (non-hydrogen) atoms. The lowest BCUT2D eigenvalue weighted by Crippen LogP contribution is -2.08. The summed E-state index contributed by atoms with van der Waals surface area (Å²) in [6.07, 6.45) is 14.1. The van der Waals surface area contributed by atoms with E-state index in [1.807, 2.05) is 24.3 Å². The number of rotatable bonds is 0. The Morgan fingerprint density at radius 3 is 2.50 bits per heavy atom. The van der Waals surface area contributed by atoms with Crippen molar-refractivity contribution in [3.63, 3.8) is 0 Å². The molecule has 2 nitrogen and oxygen atoms in total. The van der Waals surface area contributed by atoms with E-state index in [1.54, 1.807) is 0 Å². The Morgan fingerprint density at radius 1 is 0.850 bits per heavy atom. The first-order valence-electron chi connectivity index (χ1n) is 7.80. The highest BCUT2D eigenvalue weighted by atomic mass is 16.5. The summed E-state index contributed by atoms with van der Waals surface area (Å²) in [5.41, 5.74) is 1.09. The van der Waals surface area contributed by atoms with Gasteiger partial charge in [0.15, 0.2) is 0 Å². The highest BCUT2D eigenvalue weighted by Gasteiger charge is 2.08. The number of ether oxygens (including phenoxy) is 1. The number of carbonyl (C=O) groups is 1. The van der Waals surface area contributed by atoms with Crippen LogP contribution in [0.4, 0.5) is 0 Å². The summed E-state index contributed by atoms with van der Waals surface area (Å²) < 4.78 is 5.50. The number of benzene rings is 1. The molecule has 0 bridgehead atoms. The van der Waals surface area contributed by atoms with E-state index >= 15 is 0 Å². The van der Waals surface area contributed by atoms with Crippen molar-refractivity contribution in [1.29, 1.82) is 0 Å². The average Bonchev–Trinajstić information content (AvgIpc) is 2.46. The SMILES string of the molecule is O=C1CCCCCCCCC=CCc2ccccc2O1. The van der Waals surface area contributed by atoms with Crippen LogP contribution in [0.2, 0.25) is 0 Å². The number of hydrogen-bond acceptors (Lipinski definition) is 2. The fraction of sp³-hybridized carbons (Fsp3) is 0.500. The smallest absolute Gasteiger partial charge is 0.311 e. The summed E-state index contributed by atoms with van der Waals surface area (Å²) >= 11 is 0. The molecule has 0 saturated heterocycles. The molecule has 2 heteroatoms. The fourth-order valence-electron chi connectivity index (χ4n) is 2.51. The molecule has 0 spiro atoms. The third-order valence-corrected chi connectivity index (χ3v) is 3.70. The molecule has 0 amide bonds. The van der Waals surface area contributed by atoms with Gasteiger partial charge in [0.2, 0.25) is 0 Å². The fourth-order valence-corrected chi connectivity index (χ4v) is 2.51. The second kappa shape index (κ2) is 8.57. The molecule has 0 N–H and O–H groups in total. The minimum Gasteiger partial charge on any atom is -0.426 e. The van der Waals surface area contributed by atoms with E-state index in [9.17, 15) is 4.79 Å². The predicted octanol–water partition coefficient (Wildman–Crippen LogP) is 4.83. The number of allylic oxidation sites excluding steroid dienone is 2. The Kier molecular flexibility index (Phi) is 6.36. The highest BCUT2D eigenvalue weighted by Crippen LogP contribution is 2.20. The lowest BCUT2D eigenvalue weighted by molar-refractivity contribution is -0.134. The minimum atomic E-state index is -0.101. The van der Waals surface area contributed by atoms with E-state index in [4.69, 9.17) is 4.74 Å². The molecule has 1 aromatic carbocycles. The van der Waals surface area contributed by atoms with Gasteiger partial charge in [-0.25, -0.2) is 0 Å². The Balaban J connectivity index is 2.03. The summed E-state index contributed by atoms with van der Waals surface area (Å²) in [5.74, 6) is 0.619. The van der Waals surface area contributed by atoms with Crippen LogP contribution in [0.5, 0.6) is 5.75 Å². The van der Waals surface area contributed by atoms with Gasteiger partial charge in [-0.1, -0.05) is 56.0 Å². The normalized spacial score (nSPS) is 18.5. The zero-order valence-electron chi connectivity index (χ0n) is 12.1. The van der Waals surface area contributed by atoms with E-state index in [2.05, 4.69) is 12.2 Å². The van der Waals surface area contributed by atoms with Crippen LogP contribution in [0.1, 0.15) is 56.9 Å². The van der Waals surface area contributed by atoms with Gasteiger partial charge in [-0.15, -0.1) is 0 Å². The maximum atomic E-state index is 11.8. The van der Waals surface area contributed by atoms with Crippen molar-refractivity contribution in [2.24, 2.45) is 0 Å². The molecule has 0 atom stereocenters. The summed E-state index contributed by atoms with van der Waals surface area (Å²) in [7, 11) is 0. The molecule has 0 radical (unpaired) electrons. The molecule has 1 heterocycles. The minimum absolute atomic E-state index is 0.101. The largest absolute Gasteiger partial charge is 0.426 e. The van der Waals surface area contributed by atoms with Crippen LogP contribution in [0, 0.1) is 0 Å².